The molecule has 0 unspecified atom stereocenters. The van der Waals surface area contributed by atoms with Gasteiger partial charge in [-0.15, -0.1) is 0 Å². The van der Waals surface area contributed by atoms with E-state index >= 15 is 0 Å². The van der Waals surface area contributed by atoms with E-state index in [9.17, 15) is 0 Å². The van der Waals surface area contributed by atoms with Crippen LogP contribution in [0.4, 0.5) is 5.82 Å². The molecule has 0 aliphatic carbocycles. The topological polar surface area (TPSA) is 107 Å². The van der Waals surface area contributed by atoms with Gasteiger partial charge in [0, 0.05) is 44.8 Å². The predicted octanol–water partition coefficient (Wildman–Crippen LogP) is 2.36. The van der Waals surface area contributed by atoms with E-state index in [0.717, 1.165) is 76.8 Å². The lowest BCUT2D eigenvalue weighted by atomic mass is 10.2. The highest BCUT2D eigenvalue weighted by Crippen LogP contribution is 2.31. The van der Waals surface area contributed by atoms with Crippen LogP contribution < -0.4 is 4.90 Å². The molecule has 2 N–H and O–H groups in total. The second-order valence-corrected chi connectivity index (χ2v) is 8.34. The average molecular weight is 429 g/mol. The Kier molecular flexibility index (Phi) is 4.22. The molecular formula is C22H24N10. The largest absolute Gasteiger partial charge is 0.352 e. The van der Waals surface area contributed by atoms with Crippen LogP contribution >= 0.6 is 0 Å². The van der Waals surface area contributed by atoms with E-state index in [0.29, 0.717) is 5.82 Å². The number of piperazine rings is 1. The van der Waals surface area contributed by atoms with E-state index in [1.807, 2.05) is 49.3 Å². The summed E-state index contributed by atoms with van der Waals surface area (Å²) in [5, 5.41) is 8.60. The number of nitrogens with zero attached hydrogens (tertiary/aromatic N) is 8. The number of aryl methyl sites for hydroxylation is 1. The van der Waals surface area contributed by atoms with Gasteiger partial charge in [-0.25, -0.2) is 15.0 Å². The van der Waals surface area contributed by atoms with Gasteiger partial charge in [-0.3, -0.25) is 10.1 Å². The Morgan fingerprint density at radius 2 is 1.81 bits per heavy atom. The van der Waals surface area contributed by atoms with Crippen LogP contribution in [0.1, 0.15) is 5.82 Å². The summed E-state index contributed by atoms with van der Waals surface area (Å²) in [6.45, 7) is 5.89. The van der Waals surface area contributed by atoms with Gasteiger partial charge in [-0.2, -0.15) is 5.10 Å². The summed E-state index contributed by atoms with van der Waals surface area (Å²) in [4.78, 5) is 26.7. The van der Waals surface area contributed by atoms with Gasteiger partial charge in [0.2, 0.25) is 0 Å². The van der Waals surface area contributed by atoms with Crippen LogP contribution in [0.25, 0.3) is 44.8 Å². The van der Waals surface area contributed by atoms with Gasteiger partial charge in [-0.1, -0.05) is 0 Å². The third-order valence-electron chi connectivity index (χ3n) is 6.34. The quantitative estimate of drug-likeness (QED) is 0.454. The van der Waals surface area contributed by atoms with Crippen molar-refractivity contribution in [1.82, 2.24) is 44.6 Å². The summed E-state index contributed by atoms with van der Waals surface area (Å²) in [5.74, 6) is 2.58. The molecule has 0 amide bonds. The van der Waals surface area contributed by atoms with Crippen molar-refractivity contribution in [3.05, 3.63) is 36.5 Å². The fourth-order valence-electron chi connectivity index (χ4n) is 4.26. The highest BCUT2D eigenvalue weighted by Gasteiger charge is 2.21. The second kappa shape index (κ2) is 7.13. The van der Waals surface area contributed by atoms with Gasteiger partial charge in [0.15, 0.2) is 11.6 Å². The van der Waals surface area contributed by atoms with Crippen molar-refractivity contribution in [3.63, 3.8) is 0 Å². The number of anilines is 1. The fraction of sp³-hybridized carbons (Fsp3) is 0.318. The predicted molar refractivity (Wildman–Crippen MR) is 123 cm³/mol. The van der Waals surface area contributed by atoms with Crippen molar-refractivity contribution in [2.24, 2.45) is 7.05 Å². The molecule has 0 aromatic carbocycles. The summed E-state index contributed by atoms with van der Waals surface area (Å²) in [6.07, 6.45) is 5.50. The molecule has 1 fully saturated rings. The monoisotopic (exact) mass is 428 g/mol. The van der Waals surface area contributed by atoms with Gasteiger partial charge in [-0.05, 0) is 26.1 Å². The molecule has 0 bridgehead atoms. The van der Waals surface area contributed by atoms with Crippen LogP contribution in [-0.2, 0) is 7.05 Å². The van der Waals surface area contributed by atoms with Crippen molar-refractivity contribution in [2.75, 3.05) is 38.1 Å². The Morgan fingerprint density at radius 1 is 0.969 bits per heavy atom. The first-order chi connectivity index (χ1) is 15.6. The number of nitrogens with one attached hydrogen (secondary N) is 2. The molecule has 0 atom stereocenters. The number of aromatic amines is 2. The zero-order valence-corrected chi connectivity index (χ0v) is 18.3. The van der Waals surface area contributed by atoms with Crippen LogP contribution in [0, 0.1) is 6.92 Å². The van der Waals surface area contributed by atoms with Crippen molar-refractivity contribution < 1.29 is 0 Å². The van der Waals surface area contributed by atoms with Crippen LogP contribution in [0.2, 0.25) is 0 Å². The van der Waals surface area contributed by atoms with Crippen molar-refractivity contribution in [2.45, 2.75) is 6.92 Å². The summed E-state index contributed by atoms with van der Waals surface area (Å²) in [5.41, 5.74) is 5.27. The number of H-pyrrole nitrogens is 2. The molecule has 6 heterocycles. The molecule has 10 nitrogen and oxygen atoms in total. The zero-order valence-electron chi connectivity index (χ0n) is 18.3. The molecule has 162 valence electrons. The maximum atomic E-state index is 4.93. The number of rotatable bonds is 3. The van der Waals surface area contributed by atoms with Gasteiger partial charge < -0.3 is 19.4 Å². The first kappa shape index (κ1) is 18.9. The standard InChI is InChI=1S/C22H24N10/c1-13-24-12-18(31(13)3)16-10-14-17(11-25-16)28-29-19(14)21-26-15-4-5-23-22(20(15)27-21)32-8-6-30(2)7-9-32/h4-5,10-12H,6-9H2,1-3H3,(H,26,27)(H,28,29). The molecule has 1 aliphatic rings. The third kappa shape index (κ3) is 2.94. The van der Waals surface area contributed by atoms with Crippen molar-refractivity contribution in [3.8, 4) is 22.9 Å². The summed E-state index contributed by atoms with van der Waals surface area (Å²) in [7, 11) is 4.14. The van der Waals surface area contributed by atoms with Gasteiger partial charge in [0.05, 0.1) is 34.8 Å². The highest BCUT2D eigenvalue weighted by molar-refractivity contribution is 5.96. The molecule has 32 heavy (non-hydrogen) atoms. The lowest BCUT2D eigenvalue weighted by Crippen LogP contribution is -2.44. The number of likely N-dealkylation sites (N-methyl/N-ethyl adjacent to an activating group) is 1. The molecule has 1 aliphatic heterocycles. The van der Waals surface area contributed by atoms with E-state index in [4.69, 9.17) is 4.98 Å². The van der Waals surface area contributed by atoms with E-state index in [-0.39, 0.29) is 0 Å². The SMILES string of the molecule is Cc1ncc(-c2cc3c(-c4nc5c(N6CCN(C)CC6)nccc5[nH]4)n[nH]c3cn2)n1C. The third-order valence-corrected chi connectivity index (χ3v) is 6.34. The number of fused-ring (bicyclic) bond motifs is 2. The van der Waals surface area contributed by atoms with Crippen LogP contribution in [0.3, 0.4) is 0 Å². The van der Waals surface area contributed by atoms with E-state index in [2.05, 4.69) is 47.0 Å². The molecule has 5 aromatic rings. The highest BCUT2D eigenvalue weighted by atomic mass is 15.3. The first-order valence-corrected chi connectivity index (χ1v) is 10.7. The zero-order chi connectivity index (χ0) is 21.8. The van der Waals surface area contributed by atoms with Crippen LogP contribution in [0.5, 0.6) is 0 Å². The van der Waals surface area contributed by atoms with E-state index in [1.54, 1.807) is 0 Å². The summed E-state index contributed by atoms with van der Waals surface area (Å²) in [6, 6.07) is 4.00. The maximum Gasteiger partial charge on any atom is 0.159 e. The molecule has 6 rings (SSSR count). The van der Waals surface area contributed by atoms with Crippen molar-refractivity contribution in [1.29, 1.82) is 0 Å². The average Bonchev–Trinajstić information content (AvgIpc) is 3.50. The Balaban J connectivity index is 1.45. The number of hydrogen-bond acceptors (Lipinski definition) is 7. The molecule has 10 heteroatoms. The normalized spacial score (nSPS) is 15.3. The van der Waals surface area contributed by atoms with Crippen LogP contribution in [0.15, 0.2) is 30.7 Å². The van der Waals surface area contributed by atoms with Gasteiger partial charge in [0.25, 0.3) is 0 Å². The Bertz CT molecular complexity index is 1430. The smallest absolute Gasteiger partial charge is 0.159 e. The lowest BCUT2D eigenvalue weighted by Gasteiger charge is -2.33. The Labute approximate surface area is 184 Å². The number of imidazole rings is 2. The first-order valence-electron chi connectivity index (χ1n) is 10.7. The summed E-state index contributed by atoms with van der Waals surface area (Å²) < 4.78 is 2.03. The molecule has 1 saturated heterocycles. The number of aromatic nitrogens is 8. The summed E-state index contributed by atoms with van der Waals surface area (Å²) >= 11 is 0. The minimum absolute atomic E-state index is 0.716. The molecule has 0 radical (unpaired) electrons. The maximum absolute atomic E-state index is 4.93. The molecule has 0 spiro atoms. The van der Waals surface area contributed by atoms with E-state index < -0.39 is 0 Å². The Morgan fingerprint density at radius 3 is 2.59 bits per heavy atom. The minimum atomic E-state index is 0.716. The lowest BCUT2D eigenvalue weighted by molar-refractivity contribution is 0.312. The fourth-order valence-corrected chi connectivity index (χ4v) is 4.26. The minimum Gasteiger partial charge on any atom is -0.352 e. The van der Waals surface area contributed by atoms with Crippen LogP contribution in [-0.4, -0.2) is 77.8 Å². The number of hydrogen-bond donors (Lipinski definition) is 2. The molecular weight excluding hydrogens is 404 g/mol. The van der Waals surface area contributed by atoms with Gasteiger partial charge in [0.1, 0.15) is 17.0 Å². The second-order valence-electron chi connectivity index (χ2n) is 8.34. The van der Waals surface area contributed by atoms with Crippen molar-refractivity contribution >= 4 is 27.8 Å². The molecule has 0 saturated carbocycles. The van der Waals surface area contributed by atoms with E-state index in [1.165, 1.54) is 0 Å². The molecule has 5 aromatic heterocycles. The number of pyridine rings is 2. The Hall–Kier alpha value is -3.79. The van der Waals surface area contributed by atoms with Gasteiger partial charge >= 0.3 is 0 Å².